The highest BCUT2D eigenvalue weighted by Gasteiger charge is 2.34. The highest BCUT2D eigenvalue weighted by Crippen LogP contribution is 2.32. The number of nitrogens with one attached hydrogen (secondary N) is 1. The quantitative estimate of drug-likeness (QED) is 0.917. The molecule has 1 aliphatic heterocycles. The van der Waals surface area contributed by atoms with Crippen LogP contribution in [0.4, 0.5) is 0 Å². The Kier molecular flexibility index (Phi) is 4.23. The molecule has 2 aliphatic rings. The van der Waals surface area contributed by atoms with Gasteiger partial charge in [-0.15, -0.1) is 0 Å². The van der Waals surface area contributed by atoms with Gasteiger partial charge in [0.1, 0.15) is 5.69 Å². The highest BCUT2D eigenvalue weighted by atomic mass is 16.5. The van der Waals surface area contributed by atoms with E-state index in [4.69, 9.17) is 9.47 Å². The highest BCUT2D eigenvalue weighted by molar-refractivity contribution is 5.94. The zero-order valence-electron chi connectivity index (χ0n) is 13.8. The summed E-state index contributed by atoms with van der Waals surface area (Å²) in [6.07, 6.45) is 2.80. The lowest BCUT2D eigenvalue weighted by molar-refractivity contribution is -0.00710. The lowest BCUT2D eigenvalue weighted by Gasteiger charge is -2.35. The minimum absolute atomic E-state index is 0.0154. The molecule has 22 heavy (non-hydrogen) atoms. The number of hydrogen-bond acceptors (Lipinski definition) is 4. The maximum absolute atomic E-state index is 12.6. The molecule has 0 saturated heterocycles. The van der Waals surface area contributed by atoms with Crippen molar-refractivity contribution in [3.05, 3.63) is 17.0 Å². The second-order valence-electron chi connectivity index (χ2n) is 6.59. The predicted molar refractivity (Wildman–Crippen MR) is 81.7 cm³/mol. The predicted octanol–water partition coefficient (Wildman–Crippen LogP) is 1.60. The second kappa shape index (κ2) is 6.01. The number of aryl methyl sites for hydroxylation is 1. The third kappa shape index (κ3) is 2.77. The third-order valence-corrected chi connectivity index (χ3v) is 4.68. The van der Waals surface area contributed by atoms with E-state index >= 15 is 0 Å². The molecule has 2 atom stereocenters. The van der Waals surface area contributed by atoms with Crippen molar-refractivity contribution in [2.24, 2.45) is 13.0 Å². The molecular weight excluding hydrogens is 282 g/mol. The van der Waals surface area contributed by atoms with E-state index in [1.165, 1.54) is 0 Å². The molecule has 6 nitrogen and oxygen atoms in total. The molecule has 6 heteroatoms. The molecular formula is C16H25N3O3. The minimum Gasteiger partial charge on any atom is -0.384 e. The largest absolute Gasteiger partial charge is 0.384 e. The van der Waals surface area contributed by atoms with Gasteiger partial charge in [-0.05, 0) is 32.6 Å². The van der Waals surface area contributed by atoms with E-state index in [1.54, 1.807) is 11.8 Å². The van der Waals surface area contributed by atoms with Crippen molar-refractivity contribution in [1.29, 1.82) is 0 Å². The zero-order chi connectivity index (χ0) is 15.9. The summed E-state index contributed by atoms with van der Waals surface area (Å²) in [5, 5.41) is 7.63. The average Bonchev–Trinajstić information content (AvgIpc) is 2.73. The van der Waals surface area contributed by atoms with Crippen LogP contribution in [0.1, 0.15) is 54.5 Å². The maximum atomic E-state index is 12.6. The number of rotatable bonds is 4. The van der Waals surface area contributed by atoms with Crippen LogP contribution in [0.25, 0.3) is 0 Å². The van der Waals surface area contributed by atoms with Crippen molar-refractivity contribution in [2.45, 2.75) is 51.4 Å². The lowest BCUT2D eigenvalue weighted by Crippen LogP contribution is -2.46. The fourth-order valence-corrected chi connectivity index (χ4v) is 3.63. The van der Waals surface area contributed by atoms with E-state index in [1.807, 2.05) is 20.9 Å². The van der Waals surface area contributed by atoms with Gasteiger partial charge in [0.05, 0.1) is 17.9 Å². The molecule has 3 rings (SSSR count). The summed E-state index contributed by atoms with van der Waals surface area (Å²) in [4.78, 5) is 12.6. The maximum Gasteiger partial charge on any atom is 0.270 e. The Balaban J connectivity index is 1.71. The number of aromatic nitrogens is 2. The van der Waals surface area contributed by atoms with Crippen molar-refractivity contribution < 1.29 is 14.3 Å². The van der Waals surface area contributed by atoms with Gasteiger partial charge in [-0.2, -0.15) is 5.10 Å². The van der Waals surface area contributed by atoms with Crippen LogP contribution < -0.4 is 5.32 Å². The summed E-state index contributed by atoms with van der Waals surface area (Å²) in [5.41, 5.74) is 2.63. The third-order valence-electron chi connectivity index (χ3n) is 4.68. The molecule has 0 aromatic carbocycles. The first-order valence-corrected chi connectivity index (χ1v) is 8.00. The summed E-state index contributed by atoms with van der Waals surface area (Å²) in [5.74, 6) is 0.558. The molecule has 1 aromatic rings. The second-order valence-corrected chi connectivity index (χ2v) is 6.59. The first-order chi connectivity index (χ1) is 10.5. The molecule has 2 heterocycles. The Labute approximate surface area is 131 Å². The van der Waals surface area contributed by atoms with Gasteiger partial charge in [0.2, 0.25) is 0 Å². The molecule has 1 aromatic heterocycles. The summed E-state index contributed by atoms with van der Waals surface area (Å²) in [7, 11) is 3.55. The van der Waals surface area contributed by atoms with Gasteiger partial charge >= 0.3 is 0 Å². The van der Waals surface area contributed by atoms with E-state index in [-0.39, 0.29) is 24.2 Å². The molecule has 0 radical (unpaired) electrons. The van der Waals surface area contributed by atoms with E-state index in [0.29, 0.717) is 11.6 Å². The molecule has 1 amide bonds. The van der Waals surface area contributed by atoms with E-state index < -0.39 is 0 Å². The first kappa shape index (κ1) is 15.5. The van der Waals surface area contributed by atoms with Crippen molar-refractivity contribution in [3.63, 3.8) is 0 Å². The topological polar surface area (TPSA) is 65.4 Å². The number of methoxy groups -OCH3 is 1. The minimum atomic E-state index is -0.0544. The van der Waals surface area contributed by atoms with Crippen molar-refractivity contribution in [1.82, 2.24) is 15.1 Å². The van der Waals surface area contributed by atoms with Gasteiger partial charge in [0.15, 0.2) is 0 Å². The molecule has 1 fully saturated rings. The van der Waals surface area contributed by atoms with Gasteiger partial charge in [-0.25, -0.2) is 0 Å². The van der Waals surface area contributed by atoms with Gasteiger partial charge in [-0.1, -0.05) is 0 Å². The summed E-state index contributed by atoms with van der Waals surface area (Å²) < 4.78 is 12.6. The van der Waals surface area contributed by atoms with Gasteiger partial charge in [0.25, 0.3) is 5.91 Å². The van der Waals surface area contributed by atoms with Crippen LogP contribution >= 0.6 is 0 Å². The molecule has 0 spiro atoms. The Hall–Kier alpha value is -1.40. The van der Waals surface area contributed by atoms with Crippen LogP contribution in [0.15, 0.2) is 0 Å². The fraction of sp³-hybridized carbons (Fsp3) is 0.750. The van der Waals surface area contributed by atoms with E-state index in [2.05, 4.69) is 10.4 Å². The molecule has 0 bridgehead atoms. The SMILES string of the molecule is COCC1CC(NC(=O)c2c3c(nn2C)[C@H](C)O[C@H](C)C3)C1. The molecule has 122 valence electrons. The normalized spacial score (nSPS) is 30.5. The van der Waals surface area contributed by atoms with E-state index in [9.17, 15) is 4.79 Å². The zero-order valence-corrected chi connectivity index (χ0v) is 13.8. The number of carbonyl (C=O) groups is 1. The molecule has 1 aliphatic carbocycles. The smallest absolute Gasteiger partial charge is 0.270 e. The Bertz CT molecular complexity index is 563. The van der Waals surface area contributed by atoms with Crippen LogP contribution in [0, 0.1) is 5.92 Å². The van der Waals surface area contributed by atoms with E-state index in [0.717, 1.165) is 37.1 Å². The number of nitrogens with zero attached hydrogens (tertiary/aromatic N) is 2. The molecule has 1 saturated carbocycles. The van der Waals surface area contributed by atoms with Crippen molar-refractivity contribution in [3.8, 4) is 0 Å². The van der Waals surface area contributed by atoms with Gasteiger partial charge < -0.3 is 14.8 Å². The Morgan fingerprint density at radius 3 is 2.86 bits per heavy atom. The fourth-order valence-electron chi connectivity index (χ4n) is 3.63. The van der Waals surface area contributed by atoms with Crippen LogP contribution in [-0.2, 0) is 22.9 Å². The van der Waals surface area contributed by atoms with Crippen molar-refractivity contribution in [2.75, 3.05) is 13.7 Å². The van der Waals surface area contributed by atoms with Gasteiger partial charge in [0, 0.05) is 38.8 Å². The standard InChI is InChI=1S/C16H25N3O3/c1-9-5-13-14(10(2)22-9)18-19(3)15(13)16(20)17-12-6-11(7-12)8-21-4/h9-12H,5-8H2,1-4H3,(H,17,20)/t9-,10+,11?,12?/m1/s1. The number of amides is 1. The number of fused-ring (bicyclic) bond motifs is 1. The first-order valence-electron chi connectivity index (χ1n) is 8.00. The Morgan fingerprint density at radius 2 is 2.18 bits per heavy atom. The number of carbonyl (C=O) groups excluding carboxylic acids is 1. The summed E-state index contributed by atoms with van der Waals surface area (Å²) >= 11 is 0. The summed E-state index contributed by atoms with van der Waals surface area (Å²) in [6.45, 7) is 4.81. The van der Waals surface area contributed by atoms with Crippen LogP contribution in [-0.4, -0.2) is 41.6 Å². The van der Waals surface area contributed by atoms with Crippen LogP contribution in [0.2, 0.25) is 0 Å². The van der Waals surface area contributed by atoms with Gasteiger partial charge in [-0.3, -0.25) is 9.48 Å². The average molecular weight is 307 g/mol. The van der Waals surface area contributed by atoms with Crippen molar-refractivity contribution >= 4 is 5.91 Å². The summed E-state index contributed by atoms with van der Waals surface area (Å²) in [6, 6.07) is 0.257. The Morgan fingerprint density at radius 1 is 1.45 bits per heavy atom. The lowest BCUT2D eigenvalue weighted by atomic mass is 9.81. The molecule has 0 unspecified atom stereocenters. The van der Waals surface area contributed by atoms with Crippen LogP contribution in [0.5, 0.6) is 0 Å². The molecule has 1 N–H and O–H groups in total. The van der Waals surface area contributed by atoms with Crippen LogP contribution in [0.3, 0.4) is 0 Å². The number of hydrogen-bond donors (Lipinski definition) is 1. The number of ether oxygens (including phenoxy) is 2. The monoisotopic (exact) mass is 307 g/mol.